The van der Waals surface area contributed by atoms with Gasteiger partial charge in [-0.15, -0.1) is 0 Å². The molecule has 0 aromatic heterocycles. The Labute approximate surface area is 111 Å². The highest BCUT2D eigenvalue weighted by atomic mass is 16.3. The van der Waals surface area contributed by atoms with Crippen LogP contribution in [0.3, 0.4) is 0 Å². The lowest BCUT2D eigenvalue weighted by molar-refractivity contribution is 0.219. The number of aliphatic hydroxyl groups is 1. The molecule has 1 aliphatic heterocycles. The molecule has 0 bridgehead atoms. The molecular weight excluding hydrogens is 222 g/mol. The molecule has 2 nitrogen and oxygen atoms in total. The van der Waals surface area contributed by atoms with Gasteiger partial charge in [0.05, 0.1) is 0 Å². The van der Waals surface area contributed by atoms with Crippen LogP contribution >= 0.6 is 0 Å². The molecule has 1 N–H and O–H groups in total. The molecule has 2 heteroatoms. The third kappa shape index (κ3) is 2.76. The summed E-state index contributed by atoms with van der Waals surface area (Å²) in [6.45, 7) is 9.06. The van der Waals surface area contributed by atoms with Crippen LogP contribution in [0, 0.1) is 5.92 Å². The summed E-state index contributed by atoms with van der Waals surface area (Å²) in [5.74, 6) is 0.865. The van der Waals surface area contributed by atoms with Crippen molar-refractivity contribution in [1.82, 2.24) is 4.90 Å². The van der Waals surface area contributed by atoms with Crippen molar-refractivity contribution in [3.63, 3.8) is 0 Å². The van der Waals surface area contributed by atoms with Crippen LogP contribution in [-0.2, 0) is 5.41 Å². The summed E-state index contributed by atoms with van der Waals surface area (Å²) < 4.78 is 0. The molecular formula is C16H25NO. The van der Waals surface area contributed by atoms with Gasteiger partial charge >= 0.3 is 0 Å². The van der Waals surface area contributed by atoms with E-state index in [1.165, 1.54) is 11.1 Å². The molecule has 1 aromatic carbocycles. The quantitative estimate of drug-likeness (QED) is 0.868. The number of hydrogen-bond acceptors (Lipinski definition) is 2. The summed E-state index contributed by atoms with van der Waals surface area (Å²) >= 11 is 0. The highest BCUT2D eigenvalue weighted by Gasteiger charge is 2.31. The maximum atomic E-state index is 9.47. The van der Waals surface area contributed by atoms with Gasteiger partial charge in [-0.2, -0.15) is 0 Å². The fourth-order valence-electron chi connectivity index (χ4n) is 2.88. The maximum absolute atomic E-state index is 9.47. The van der Waals surface area contributed by atoms with Gasteiger partial charge in [0.15, 0.2) is 0 Å². The Morgan fingerprint density at radius 3 is 2.28 bits per heavy atom. The summed E-state index contributed by atoms with van der Waals surface area (Å²) in [6.07, 6.45) is 0. The Hall–Kier alpha value is -0.860. The zero-order chi connectivity index (χ0) is 13.3. The van der Waals surface area contributed by atoms with Crippen molar-refractivity contribution < 1.29 is 5.11 Å². The van der Waals surface area contributed by atoms with Gasteiger partial charge < -0.3 is 10.0 Å². The molecule has 1 saturated heterocycles. The fourth-order valence-corrected chi connectivity index (χ4v) is 2.88. The second-order valence-corrected chi connectivity index (χ2v) is 6.64. The van der Waals surface area contributed by atoms with E-state index in [0.29, 0.717) is 11.8 Å². The van der Waals surface area contributed by atoms with Crippen molar-refractivity contribution in [1.29, 1.82) is 0 Å². The molecule has 1 fully saturated rings. The van der Waals surface area contributed by atoms with E-state index >= 15 is 0 Å². The van der Waals surface area contributed by atoms with E-state index in [1.807, 2.05) is 0 Å². The van der Waals surface area contributed by atoms with Crippen molar-refractivity contribution >= 4 is 0 Å². The smallest absolute Gasteiger partial charge is 0.0477 e. The van der Waals surface area contributed by atoms with Gasteiger partial charge in [0.2, 0.25) is 0 Å². The molecule has 100 valence electrons. The molecule has 0 spiro atoms. The van der Waals surface area contributed by atoms with E-state index in [1.54, 1.807) is 0 Å². The first kappa shape index (κ1) is 13.6. The average Bonchev–Trinajstić information content (AvgIpc) is 2.69. The van der Waals surface area contributed by atoms with Gasteiger partial charge in [-0.05, 0) is 23.6 Å². The first-order chi connectivity index (χ1) is 8.41. The predicted octanol–water partition coefficient (Wildman–Crippen LogP) is 2.62. The Kier molecular flexibility index (Phi) is 3.79. The van der Waals surface area contributed by atoms with Gasteiger partial charge in [-0.3, -0.25) is 0 Å². The number of likely N-dealkylation sites (N-methyl/N-ethyl adjacent to an activating group) is 1. The normalized spacial score (nSPS) is 25.6. The summed E-state index contributed by atoms with van der Waals surface area (Å²) in [6, 6.07) is 8.96. The van der Waals surface area contributed by atoms with Crippen molar-refractivity contribution in [3.8, 4) is 0 Å². The number of aliphatic hydroxyl groups excluding tert-OH is 1. The van der Waals surface area contributed by atoms with Crippen molar-refractivity contribution in [2.45, 2.75) is 32.1 Å². The molecule has 0 radical (unpaired) electrons. The average molecular weight is 247 g/mol. The second kappa shape index (κ2) is 5.02. The van der Waals surface area contributed by atoms with Crippen LogP contribution in [0.1, 0.15) is 37.8 Å². The van der Waals surface area contributed by atoms with E-state index in [4.69, 9.17) is 0 Å². The minimum absolute atomic E-state index is 0.210. The highest BCUT2D eigenvalue weighted by molar-refractivity contribution is 5.30. The van der Waals surface area contributed by atoms with E-state index in [2.05, 4.69) is 57.0 Å². The lowest BCUT2D eigenvalue weighted by Gasteiger charge is -2.21. The van der Waals surface area contributed by atoms with E-state index in [0.717, 1.165) is 13.1 Å². The van der Waals surface area contributed by atoms with Crippen LogP contribution < -0.4 is 0 Å². The number of nitrogens with zero attached hydrogens (tertiary/aromatic N) is 1. The minimum atomic E-state index is 0.210. The van der Waals surface area contributed by atoms with Crippen LogP contribution in [0.25, 0.3) is 0 Å². The molecule has 0 amide bonds. The van der Waals surface area contributed by atoms with Crippen LogP contribution in [0.15, 0.2) is 24.3 Å². The molecule has 2 atom stereocenters. The topological polar surface area (TPSA) is 23.5 Å². The molecule has 1 heterocycles. The standard InChI is InChI=1S/C16H25NO/c1-16(2,3)14-7-5-12(6-8-14)15-10-17(4)9-13(15)11-18/h5-8,13,15,18H,9-11H2,1-4H3/t13-,15+/m1/s1. The van der Waals surface area contributed by atoms with E-state index < -0.39 is 0 Å². The first-order valence-corrected chi connectivity index (χ1v) is 6.81. The van der Waals surface area contributed by atoms with E-state index in [-0.39, 0.29) is 12.0 Å². The van der Waals surface area contributed by atoms with Crippen LogP contribution in [0.5, 0.6) is 0 Å². The Morgan fingerprint density at radius 2 is 1.78 bits per heavy atom. The van der Waals surface area contributed by atoms with Crippen LogP contribution in [-0.4, -0.2) is 36.8 Å². The molecule has 18 heavy (non-hydrogen) atoms. The molecule has 0 saturated carbocycles. The largest absolute Gasteiger partial charge is 0.396 e. The van der Waals surface area contributed by atoms with Crippen LogP contribution in [0.4, 0.5) is 0 Å². The molecule has 2 rings (SSSR count). The maximum Gasteiger partial charge on any atom is 0.0477 e. The number of hydrogen-bond donors (Lipinski definition) is 1. The summed E-state index contributed by atoms with van der Waals surface area (Å²) in [4.78, 5) is 2.31. The van der Waals surface area contributed by atoms with Crippen molar-refractivity contribution in [2.75, 3.05) is 26.7 Å². The Balaban J connectivity index is 2.19. The Bertz CT molecular complexity index is 391. The summed E-state index contributed by atoms with van der Waals surface area (Å²) in [5, 5.41) is 9.47. The monoisotopic (exact) mass is 247 g/mol. The third-order valence-electron chi connectivity index (χ3n) is 4.06. The zero-order valence-corrected chi connectivity index (χ0v) is 12.0. The van der Waals surface area contributed by atoms with Crippen molar-refractivity contribution in [2.24, 2.45) is 5.92 Å². The van der Waals surface area contributed by atoms with Gasteiger partial charge in [0.25, 0.3) is 0 Å². The summed E-state index contributed by atoms with van der Waals surface area (Å²) in [7, 11) is 2.13. The molecule has 1 aliphatic rings. The number of rotatable bonds is 2. The molecule has 1 aromatic rings. The minimum Gasteiger partial charge on any atom is -0.396 e. The van der Waals surface area contributed by atoms with Crippen LogP contribution in [0.2, 0.25) is 0 Å². The predicted molar refractivity (Wildman–Crippen MR) is 76.0 cm³/mol. The third-order valence-corrected chi connectivity index (χ3v) is 4.06. The van der Waals surface area contributed by atoms with Gasteiger partial charge in [0.1, 0.15) is 0 Å². The van der Waals surface area contributed by atoms with Crippen molar-refractivity contribution in [3.05, 3.63) is 35.4 Å². The number of likely N-dealkylation sites (tertiary alicyclic amines) is 1. The lowest BCUT2D eigenvalue weighted by atomic mass is 9.84. The SMILES string of the molecule is CN1C[C@H](CO)[C@H](c2ccc(C(C)(C)C)cc2)C1. The van der Waals surface area contributed by atoms with Gasteiger partial charge in [-0.25, -0.2) is 0 Å². The number of benzene rings is 1. The second-order valence-electron chi connectivity index (χ2n) is 6.64. The first-order valence-electron chi connectivity index (χ1n) is 6.81. The Morgan fingerprint density at radius 1 is 1.17 bits per heavy atom. The highest BCUT2D eigenvalue weighted by Crippen LogP contribution is 2.32. The fraction of sp³-hybridized carbons (Fsp3) is 0.625. The van der Waals surface area contributed by atoms with E-state index in [9.17, 15) is 5.11 Å². The molecule has 0 aliphatic carbocycles. The van der Waals surface area contributed by atoms with Gasteiger partial charge in [-0.1, -0.05) is 45.0 Å². The molecule has 0 unspecified atom stereocenters. The summed E-state index contributed by atoms with van der Waals surface area (Å²) in [5.41, 5.74) is 2.95. The lowest BCUT2D eigenvalue weighted by Crippen LogP contribution is -2.16. The zero-order valence-electron chi connectivity index (χ0n) is 12.0. The van der Waals surface area contributed by atoms with Gasteiger partial charge in [0, 0.05) is 31.5 Å².